The van der Waals surface area contributed by atoms with Crippen molar-refractivity contribution >= 4 is 0 Å². The molecule has 1 aromatic carbocycles. The van der Waals surface area contributed by atoms with Gasteiger partial charge in [-0.1, -0.05) is 43.7 Å². The van der Waals surface area contributed by atoms with Crippen molar-refractivity contribution in [3.05, 3.63) is 35.9 Å². The molecule has 0 radical (unpaired) electrons. The fourth-order valence-electron chi connectivity index (χ4n) is 1.79. The van der Waals surface area contributed by atoms with Crippen LogP contribution in [0.3, 0.4) is 0 Å². The molecule has 1 rings (SSSR count). The Morgan fingerprint density at radius 1 is 1.12 bits per heavy atom. The summed E-state index contributed by atoms with van der Waals surface area (Å²) in [6, 6.07) is 10.7. The van der Waals surface area contributed by atoms with E-state index in [0.29, 0.717) is 5.92 Å². The van der Waals surface area contributed by atoms with E-state index >= 15 is 0 Å². The van der Waals surface area contributed by atoms with Gasteiger partial charge in [0.05, 0.1) is 0 Å². The molecule has 1 aromatic rings. The fraction of sp³-hybridized carbons (Fsp3) is 0.571. The van der Waals surface area contributed by atoms with Crippen LogP contribution in [-0.4, -0.2) is 19.6 Å². The zero-order valence-corrected chi connectivity index (χ0v) is 10.3. The van der Waals surface area contributed by atoms with Gasteiger partial charge in [-0.15, -0.1) is 0 Å². The van der Waals surface area contributed by atoms with E-state index in [0.717, 1.165) is 26.1 Å². The van der Waals surface area contributed by atoms with Crippen LogP contribution < -0.4 is 11.1 Å². The minimum Gasteiger partial charge on any atom is -0.330 e. The van der Waals surface area contributed by atoms with Crippen molar-refractivity contribution in [1.29, 1.82) is 0 Å². The van der Waals surface area contributed by atoms with Crippen LogP contribution in [-0.2, 0) is 0 Å². The molecule has 0 heterocycles. The lowest BCUT2D eigenvalue weighted by atomic mass is 10.0. The van der Waals surface area contributed by atoms with E-state index in [1.54, 1.807) is 0 Å². The second-order valence-electron chi connectivity index (χ2n) is 4.37. The number of nitrogens with two attached hydrogens (primary N) is 1. The highest BCUT2D eigenvalue weighted by atomic mass is 14.8. The molecule has 1 unspecified atom stereocenters. The summed E-state index contributed by atoms with van der Waals surface area (Å²) in [5.41, 5.74) is 6.86. The van der Waals surface area contributed by atoms with E-state index < -0.39 is 0 Å². The van der Waals surface area contributed by atoms with E-state index in [1.165, 1.54) is 18.4 Å². The molecule has 0 aliphatic rings. The van der Waals surface area contributed by atoms with Gasteiger partial charge in [-0.25, -0.2) is 0 Å². The predicted octanol–water partition coefficient (Wildman–Crippen LogP) is 2.51. The largest absolute Gasteiger partial charge is 0.330 e. The molecule has 0 aliphatic carbocycles. The van der Waals surface area contributed by atoms with Crippen molar-refractivity contribution in [2.75, 3.05) is 19.6 Å². The van der Waals surface area contributed by atoms with Gasteiger partial charge in [-0.05, 0) is 37.4 Å². The Morgan fingerprint density at radius 3 is 2.56 bits per heavy atom. The van der Waals surface area contributed by atoms with E-state index in [-0.39, 0.29) is 0 Å². The van der Waals surface area contributed by atoms with Crippen LogP contribution in [0.2, 0.25) is 0 Å². The van der Waals surface area contributed by atoms with Gasteiger partial charge in [0, 0.05) is 6.54 Å². The Hall–Kier alpha value is -0.860. The van der Waals surface area contributed by atoms with Crippen LogP contribution in [0.4, 0.5) is 0 Å². The lowest BCUT2D eigenvalue weighted by Crippen LogP contribution is -2.21. The molecule has 1 atom stereocenters. The first-order valence-electron chi connectivity index (χ1n) is 6.30. The van der Waals surface area contributed by atoms with Gasteiger partial charge in [0.25, 0.3) is 0 Å². The maximum atomic E-state index is 5.45. The quantitative estimate of drug-likeness (QED) is 0.661. The predicted molar refractivity (Wildman–Crippen MR) is 70.6 cm³/mol. The molecule has 0 saturated heterocycles. The van der Waals surface area contributed by atoms with Crippen molar-refractivity contribution < 1.29 is 0 Å². The monoisotopic (exact) mass is 220 g/mol. The third-order valence-electron chi connectivity index (χ3n) is 2.88. The Bertz CT molecular complexity index is 259. The zero-order chi connectivity index (χ0) is 11.6. The standard InChI is InChI=1S/C14H24N2/c1-13(14-8-4-2-5-9-14)12-16-11-7-3-6-10-15/h2,4-5,8-9,13,16H,3,6-7,10-12,15H2,1H3. The minimum absolute atomic E-state index is 0.593. The molecule has 0 aliphatic heterocycles. The minimum atomic E-state index is 0.593. The van der Waals surface area contributed by atoms with Crippen LogP contribution in [0.5, 0.6) is 0 Å². The highest BCUT2D eigenvalue weighted by Crippen LogP contribution is 2.12. The molecular formula is C14H24N2. The number of unbranched alkanes of at least 4 members (excludes halogenated alkanes) is 2. The lowest BCUT2D eigenvalue weighted by molar-refractivity contribution is 0.573. The number of hydrogen-bond acceptors (Lipinski definition) is 2. The van der Waals surface area contributed by atoms with E-state index in [1.807, 2.05) is 0 Å². The first-order valence-corrected chi connectivity index (χ1v) is 6.30. The highest BCUT2D eigenvalue weighted by Gasteiger charge is 2.02. The van der Waals surface area contributed by atoms with E-state index in [9.17, 15) is 0 Å². The first kappa shape index (κ1) is 13.2. The normalized spacial score (nSPS) is 12.6. The molecule has 2 nitrogen and oxygen atoms in total. The molecule has 0 fully saturated rings. The summed E-state index contributed by atoms with van der Waals surface area (Å²) >= 11 is 0. The SMILES string of the molecule is CC(CNCCCCCN)c1ccccc1. The third kappa shape index (κ3) is 5.29. The van der Waals surface area contributed by atoms with Gasteiger partial charge < -0.3 is 11.1 Å². The van der Waals surface area contributed by atoms with Crippen LogP contribution in [0, 0.1) is 0 Å². The number of rotatable bonds is 8. The summed E-state index contributed by atoms with van der Waals surface area (Å²) < 4.78 is 0. The smallest absolute Gasteiger partial charge is 0.00174 e. The lowest BCUT2D eigenvalue weighted by Gasteiger charge is -2.12. The molecule has 0 saturated carbocycles. The fourth-order valence-corrected chi connectivity index (χ4v) is 1.79. The van der Waals surface area contributed by atoms with Crippen molar-refractivity contribution in [3.8, 4) is 0 Å². The van der Waals surface area contributed by atoms with E-state index in [2.05, 4.69) is 42.6 Å². The Balaban J connectivity index is 2.09. The molecule has 0 amide bonds. The Kier molecular flexibility index (Phi) is 6.86. The first-order chi connectivity index (χ1) is 7.84. The third-order valence-corrected chi connectivity index (χ3v) is 2.88. The molecule has 16 heavy (non-hydrogen) atoms. The summed E-state index contributed by atoms with van der Waals surface area (Å²) in [7, 11) is 0. The highest BCUT2D eigenvalue weighted by molar-refractivity contribution is 5.18. The molecular weight excluding hydrogens is 196 g/mol. The van der Waals surface area contributed by atoms with Crippen LogP contribution in [0.15, 0.2) is 30.3 Å². The molecule has 90 valence electrons. The van der Waals surface area contributed by atoms with Crippen LogP contribution in [0.25, 0.3) is 0 Å². The number of nitrogens with one attached hydrogen (secondary N) is 1. The Labute approximate surface area is 99.2 Å². The van der Waals surface area contributed by atoms with Crippen molar-refractivity contribution in [1.82, 2.24) is 5.32 Å². The number of hydrogen-bond donors (Lipinski definition) is 2. The molecule has 0 spiro atoms. The van der Waals surface area contributed by atoms with Gasteiger partial charge in [-0.2, -0.15) is 0 Å². The second-order valence-corrected chi connectivity index (χ2v) is 4.37. The molecule has 0 bridgehead atoms. The van der Waals surface area contributed by atoms with Gasteiger partial charge in [0.1, 0.15) is 0 Å². The topological polar surface area (TPSA) is 38.0 Å². The van der Waals surface area contributed by atoms with Crippen molar-refractivity contribution in [2.45, 2.75) is 32.1 Å². The molecule has 3 N–H and O–H groups in total. The number of benzene rings is 1. The summed E-state index contributed by atoms with van der Waals surface area (Å²) in [5.74, 6) is 0.593. The summed E-state index contributed by atoms with van der Waals surface area (Å²) in [5, 5.41) is 3.50. The van der Waals surface area contributed by atoms with Gasteiger partial charge in [-0.3, -0.25) is 0 Å². The average Bonchev–Trinajstić information content (AvgIpc) is 2.34. The van der Waals surface area contributed by atoms with Gasteiger partial charge in [0.15, 0.2) is 0 Å². The van der Waals surface area contributed by atoms with Crippen LogP contribution >= 0.6 is 0 Å². The molecule has 2 heteroatoms. The van der Waals surface area contributed by atoms with Gasteiger partial charge in [0.2, 0.25) is 0 Å². The second kappa shape index (κ2) is 8.31. The summed E-state index contributed by atoms with van der Waals surface area (Å²) in [6.45, 7) is 5.26. The van der Waals surface area contributed by atoms with Gasteiger partial charge >= 0.3 is 0 Å². The van der Waals surface area contributed by atoms with Crippen LogP contribution in [0.1, 0.15) is 37.7 Å². The zero-order valence-electron chi connectivity index (χ0n) is 10.3. The maximum Gasteiger partial charge on any atom is 0.00174 e. The molecule has 0 aromatic heterocycles. The Morgan fingerprint density at radius 2 is 1.88 bits per heavy atom. The van der Waals surface area contributed by atoms with E-state index in [4.69, 9.17) is 5.73 Å². The summed E-state index contributed by atoms with van der Waals surface area (Å²) in [4.78, 5) is 0. The van der Waals surface area contributed by atoms with Crippen molar-refractivity contribution in [3.63, 3.8) is 0 Å². The van der Waals surface area contributed by atoms with Crippen molar-refractivity contribution in [2.24, 2.45) is 5.73 Å². The summed E-state index contributed by atoms with van der Waals surface area (Å²) in [6.07, 6.45) is 3.62. The average molecular weight is 220 g/mol. The maximum absolute atomic E-state index is 5.45.